The smallest absolute Gasteiger partial charge is 0.352 e. The van der Waals surface area contributed by atoms with Gasteiger partial charge in [-0.25, -0.2) is 4.79 Å². The Hall–Kier alpha value is -1.78. The third-order valence-corrected chi connectivity index (χ3v) is 3.72. The molecule has 0 atom stereocenters. The van der Waals surface area contributed by atoms with Gasteiger partial charge in [-0.05, 0) is 25.0 Å². The highest BCUT2D eigenvalue weighted by Gasteiger charge is 2.18. The van der Waals surface area contributed by atoms with Crippen LogP contribution >= 0.6 is 0 Å². The first kappa shape index (κ1) is 16.3. The topological polar surface area (TPSA) is 62.5 Å². The molecule has 112 valence electrons. The second-order valence-corrected chi connectivity index (χ2v) is 4.94. The van der Waals surface area contributed by atoms with Gasteiger partial charge in [0.15, 0.2) is 0 Å². The molecule has 0 spiro atoms. The third-order valence-electron chi connectivity index (χ3n) is 3.72. The molecule has 1 amide bonds. The summed E-state index contributed by atoms with van der Waals surface area (Å²) in [5, 5.41) is 9.04. The van der Waals surface area contributed by atoms with E-state index in [1.54, 1.807) is 12.3 Å². The molecular weight excluding hydrogens is 256 g/mol. The summed E-state index contributed by atoms with van der Waals surface area (Å²) in [7, 11) is 0. The number of aromatic carboxylic acids is 1. The first-order valence-electron chi connectivity index (χ1n) is 7.19. The highest BCUT2D eigenvalue weighted by molar-refractivity contribution is 5.86. The number of carboxylic acids is 1. The fourth-order valence-electron chi connectivity index (χ4n) is 2.26. The number of carbonyl (C=O) groups excluding carboxylic acids is 1. The Bertz CT molecular complexity index is 450. The number of amides is 1. The van der Waals surface area contributed by atoms with Gasteiger partial charge in [-0.3, -0.25) is 4.79 Å². The first-order valence-corrected chi connectivity index (χ1v) is 7.19. The van der Waals surface area contributed by atoms with Gasteiger partial charge in [-0.15, -0.1) is 0 Å². The molecule has 5 heteroatoms. The molecule has 1 aromatic heterocycles. The lowest BCUT2D eigenvalue weighted by Gasteiger charge is -2.26. The van der Waals surface area contributed by atoms with Crippen LogP contribution in [-0.2, 0) is 11.3 Å². The lowest BCUT2D eigenvalue weighted by atomic mass is 10.0. The molecule has 0 fully saturated rings. The Morgan fingerprint density at radius 1 is 1.30 bits per heavy atom. The summed E-state index contributed by atoms with van der Waals surface area (Å²) in [6.45, 7) is 7.68. The van der Waals surface area contributed by atoms with Crippen LogP contribution < -0.4 is 0 Å². The minimum atomic E-state index is -1.01. The Morgan fingerprint density at radius 3 is 2.45 bits per heavy atom. The Kier molecular flexibility index (Phi) is 6.28. The number of nitrogens with zero attached hydrogens (tertiary/aromatic N) is 2. The maximum atomic E-state index is 12.3. The van der Waals surface area contributed by atoms with Crippen LogP contribution in [0.2, 0.25) is 0 Å². The standard InChI is InChI=1S/C15H24N2O3/c1-4-12(5-2)10-16(6-3)14(18)11-17-9-7-8-13(17)15(19)20/h7-9,12H,4-6,10-11H2,1-3H3,(H,19,20). The van der Waals surface area contributed by atoms with E-state index in [1.807, 2.05) is 11.8 Å². The molecule has 0 saturated carbocycles. The van der Waals surface area contributed by atoms with Crippen molar-refractivity contribution in [1.29, 1.82) is 0 Å². The first-order chi connectivity index (χ1) is 9.53. The fourth-order valence-corrected chi connectivity index (χ4v) is 2.26. The normalized spacial score (nSPS) is 10.8. The maximum Gasteiger partial charge on any atom is 0.352 e. The monoisotopic (exact) mass is 280 g/mol. The predicted molar refractivity (Wildman–Crippen MR) is 77.7 cm³/mol. The van der Waals surface area contributed by atoms with Crippen molar-refractivity contribution in [2.24, 2.45) is 5.92 Å². The zero-order valence-corrected chi connectivity index (χ0v) is 12.5. The molecule has 0 saturated heterocycles. The molecule has 0 bridgehead atoms. The van der Waals surface area contributed by atoms with Crippen molar-refractivity contribution in [1.82, 2.24) is 9.47 Å². The van der Waals surface area contributed by atoms with Crippen molar-refractivity contribution in [3.8, 4) is 0 Å². The average molecular weight is 280 g/mol. The molecule has 0 aliphatic carbocycles. The molecular formula is C15H24N2O3. The van der Waals surface area contributed by atoms with Crippen LogP contribution in [0.25, 0.3) is 0 Å². The van der Waals surface area contributed by atoms with Gasteiger partial charge >= 0.3 is 5.97 Å². The van der Waals surface area contributed by atoms with E-state index >= 15 is 0 Å². The number of likely N-dealkylation sites (N-methyl/N-ethyl adjacent to an activating group) is 1. The van der Waals surface area contributed by atoms with Gasteiger partial charge in [0.2, 0.25) is 5.91 Å². The number of hydrogen-bond acceptors (Lipinski definition) is 2. The van der Waals surface area contributed by atoms with Crippen molar-refractivity contribution in [2.75, 3.05) is 13.1 Å². The molecule has 0 unspecified atom stereocenters. The number of carboxylic acid groups (broad SMARTS) is 1. The van der Waals surface area contributed by atoms with E-state index in [1.165, 1.54) is 10.6 Å². The molecule has 1 rings (SSSR count). The van der Waals surface area contributed by atoms with Crippen LogP contribution in [0.4, 0.5) is 0 Å². The van der Waals surface area contributed by atoms with Gasteiger partial charge in [0.1, 0.15) is 12.2 Å². The van der Waals surface area contributed by atoms with Crippen molar-refractivity contribution >= 4 is 11.9 Å². The molecule has 0 radical (unpaired) electrons. The summed E-state index contributed by atoms with van der Waals surface area (Å²) in [5.41, 5.74) is 0.150. The van der Waals surface area contributed by atoms with E-state index in [4.69, 9.17) is 5.11 Å². The second kappa shape index (κ2) is 7.72. The van der Waals surface area contributed by atoms with Gasteiger partial charge in [0, 0.05) is 19.3 Å². The molecule has 1 N–H and O–H groups in total. The number of carbonyl (C=O) groups is 2. The highest BCUT2D eigenvalue weighted by Crippen LogP contribution is 2.11. The highest BCUT2D eigenvalue weighted by atomic mass is 16.4. The van der Waals surface area contributed by atoms with Gasteiger partial charge < -0.3 is 14.6 Å². The number of rotatable bonds is 8. The average Bonchev–Trinajstić information content (AvgIpc) is 2.88. The van der Waals surface area contributed by atoms with Gasteiger partial charge in [0.25, 0.3) is 0 Å². The fraction of sp³-hybridized carbons (Fsp3) is 0.600. The Labute approximate surface area is 120 Å². The molecule has 0 aromatic carbocycles. The third kappa shape index (κ3) is 4.11. The molecule has 0 aliphatic rings. The summed E-state index contributed by atoms with van der Waals surface area (Å²) >= 11 is 0. The van der Waals surface area contributed by atoms with E-state index in [2.05, 4.69) is 13.8 Å². The van der Waals surface area contributed by atoms with Crippen molar-refractivity contribution < 1.29 is 14.7 Å². The van der Waals surface area contributed by atoms with Gasteiger partial charge in [-0.2, -0.15) is 0 Å². The Morgan fingerprint density at radius 2 is 1.95 bits per heavy atom. The van der Waals surface area contributed by atoms with E-state index in [0.29, 0.717) is 12.5 Å². The second-order valence-electron chi connectivity index (χ2n) is 4.94. The van der Waals surface area contributed by atoms with E-state index in [0.717, 1.165) is 19.4 Å². The lowest BCUT2D eigenvalue weighted by Crippen LogP contribution is -2.37. The minimum absolute atomic E-state index is 0.0295. The molecule has 1 aromatic rings. The van der Waals surface area contributed by atoms with Crippen LogP contribution in [0, 0.1) is 5.92 Å². The number of aromatic nitrogens is 1. The van der Waals surface area contributed by atoms with Crippen LogP contribution in [0.5, 0.6) is 0 Å². The summed E-state index contributed by atoms with van der Waals surface area (Å²) in [5.74, 6) is -0.536. The van der Waals surface area contributed by atoms with E-state index in [-0.39, 0.29) is 18.1 Å². The minimum Gasteiger partial charge on any atom is -0.477 e. The van der Waals surface area contributed by atoms with Crippen LogP contribution in [-0.4, -0.2) is 39.5 Å². The SMILES string of the molecule is CCC(CC)CN(CC)C(=O)Cn1cccc1C(=O)O. The maximum absolute atomic E-state index is 12.3. The summed E-state index contributed by atoms with van der Waals surface area (Å²) in [6, 6.07) is 3.15. The van der Waals surface area contributed by atoms with Crippen LogP contribution in [0.1, 0.15) is 44.1 Å². The number of hydrogen-bond donors (Lipinski definition) is 1. The van der Waals surface area contributed by atoms with Gasteiger partial charge in [-0.1, -0.05) is 26.7 Å². The zero-order chi connectivity index (χ0) is 15.1. The van der Waals surface area contributed by atoms with E-state index in [9.17, 15) is 9.59 Å². The van der Waals surface area contributed by atoms with Crippen molar-refractivity contribution in [3.05, 3.63) is 24.0 Å². The Balaban J connectivity index is 2.72. The summed E-state index contributed by atoms with van der Waals surface area (Å²) < 4.78 is 1.49. The predicted octanol–water partition coefficient (Wildman–Crippen LogP) is 2.47. The summed E-state index contributed by atoms with van der Waals surface area (Å²) in [4.78, 5) is 25.1. The lowest BCUT2D eigenvalue weighted by molar-refractivity contribution is -0.132. The molecule has 5 nitrogen and oxygen atoms in total. The van der Waals surface area contributed by atoms with Gasteiger partial charge in [0.05, 0.1) is 0 Å². The quantitative estimate of drug-likeness (QED) is 0.795. The molecule has 1 heterocycles. The molecule has 20 heavy (non-hydrogen) atoms. The van der Waals surface area contributed by atoms with Crippen LogP contribution in [0.15, 0.2) is 18.3 Å². The zero-order valence-electron chi connectivity index (χ0n) is 12.5. The largest absolute Gasteiger partial charge is 0.477 e. The van der Waals surface area contributed by atoms with Crippen molar-refractivity contribution in [2.45, 2.75) is 40.2 Å². The summed E-state index contributed by atoms with van der Waals surface area (Å²) in [6.07, 6.45) is 3.72. The molecule has 0 aliphatic heterocycles. The van der Waals surface area contributed by atoms with E-state index < -0.39 is 5.97 Å². The van der Waals surface area contributed by atoms with Crippen LogP contribution in [0.3, 0.4) is 0 Å². The van der Waals surface area contributed by atoms with Crippen molar-refractivity contribution in [3.63, 3.8) is 0 Å².